The van der Waals surface area contributed by atoms with Crippen molar-refractivity contribution in [2.45, 2.75) is 44.7 Å². The van der Waals surface area contributed by atoms with Gasteiger partial charge in [-0.2, -0.15) is 0 Å². The Bertz CT molecular complexity index is 484. The smallest absolute Gasteiger partial charge is 0.206 e. The second kappa shape index (κ2) is 7.16. The van der Waals surface area contributed by atoms with Gasteiger partial charge in [0.25, 0.3) is 0 Å². The molecule has 2 rings (SSSR count). The van der Waals surface area contributed by atoms with Crippen molar-refractivity contribution < 1.29 is 0 Å². The molecule has 1 aliphatic carbocycles. The molecule has 4 N–H and O–H groups in total. The number of aliphatic imine (C=N–C) groups is 1. The summed E-state index contributed by atoms with van der Waals surface area (Å²) in [5.74, 6) is 6.15. The molecule has 0 saturated heterocycles. The molecule has 1 aliphatic rings. The number of halogens is 2. The van der Waals surface area contributed by atoms with Crippen LogP contribution in [0.3, 0.4) is 0 Å². The van der Waals surface area contributed by atoms with Gasteiger partial charge in [-0.25, -0.2) is 10.8 Å². The molecule has 110 valence electrons. The third-order valence-corrected chi connectivity index (χ3v) is 4.12. The first-order chi connectivity index (χ1) is 9.60. The van der Waals surface area contributed by atoms with Crippen LogP contribution < -0.4 is 16.6 Å². The summed E-state index contributed by atoms with van der Waals surface area (Å²) < 4.78 is 0. The lowest BCUT2D eigenvalue weighted by atomic mass is 10.1. The molecule has 1 aromatic rings. The van der Waals surface area contributed by atoms with Crippen LogP contribution in [0.15, 0.2) is 23.2 Å². The van der Waals surface area contributed by atoms with Gasteiger partial charge in [-0.15, -0.1) is 0 Å². The Hall–Kier alpha value is -0.970. The summed E-state index contributed by atoms with van der Waals surface area (Å²) in [4.78, 5) is 4.61. The molecule has 0 aromatic heterocycles. The van der Waals surface area contributed by atoms with Crippen molar-refractivity contribution in [1.82, 2.24) is 10.7 Å². The van der Waals surface area contributed by atoms with Crippen molar-refractivity contribution >= 4 is 29.2 Å². The van der Waals surface area contributed by atoms with Crippen LogP contribution in [0.1, 0.15) is 44.2 Å². The van der Waals surface area contributed by atoms with Crippen molar-refractivity contribution in [2.75, 3.05) is 0 Å². The van der Waals surface area contributed by atoms with Crippen molar-refractivity contribution in [3.8, 4) is 0 Å². The molecule has 4 nitrogen and oxygen atoms in total. The maximum atomic E-state index is 6.21. The first-order valence-electron chi connectivity index (χ1n) is 6.86. The zero-order valence-corrected chi connectivity index (χ0v) is 13.0. The molecular formula is C14H20Cl2N4. The van der Waals surface area contributed by atoms with E-state index in [1.807, 2.05) is 19.1 Å². The summed E-state index contributed by atoms with van der Waals surface area (Å²) in [6.45, 7) is 2.01. The third kappa shape index (κ3) is 4.01. The average Bonchev–Trinajstić information content (AvgIpc) is 2.90. The van der Waals surface area contributed by atoms with Gasteiger partial charge in [0.05, 0.1) is 12.1 Å². The second-order valence-corrected chi connectivity index (χ2v) is 5.94. The number of nitrogens with two attached hydrogens (primary N) is 1. The van der Waals surface area contributed by atoms with Gasteiger partial charge in [-0.3, -0.25) is 5.43 Å². The molecule has 0 radical (unpaired) electrons. The van der Waals surface area contributed by atoms with E-state index >= 15 is 0 Å². The fraction of sp³-hybridized carbons (Fsp3) is 0.500. The minimum Gasteiger partial charge on any atom is -0.349 e. The Labute approximate surface area is 129 Å². The molecular weight excluding hydrogens is 295 g/mol. The lowest BCUT2D eigenvalue weighted by Crippen LogP contribution is -2.43. The summed E-state index contributed by atoms with van der Waals surface area (Å²) in [6, 6.07) is 5.83. The highest BCUT2D eigenvalue weighted by Crippen LogP contribution is 2.26. The molecule has 1 saturated carbocycles. The van der Waals surface area contributed by atoms with E-state index in [4.69, 9.17) is 29.0 Å². The lowest BCUT2D eigenvalue weighted by molar-refractivity contribution is 0.653. The molecule has 6 heteroatoms. The fourth-order valence-electron chi connectivity index (χ4n) is 2.47. The van der Waals surface area contributed by atoms with Crippen LogP contribution in [0.5, 0.6) is 0 Å². The maximum Gasteiger partial charge on any atom is 0.206 e. The monoisotopic (exact) mass is 314 g/mol. The quantitative estimate of drug-likeness (QED) is 0.347. The van der Waals surface area contributed by atoms with Crippen molar-refractivity contribution in [3.63, 3.8) is 0 Å². The van der Waals surface area contributed by atoms with Gasteiger partial charge in [-0.1, -0.05) is 42.1 Å². The van der Waals surface area contributed by atoms with Crippen LogP contribution in [-0.2, 0) is 0 Å². The van der Waals surface area contributed by atoms with E-state index in [0.717, 1.165) is 18.4 Å². The van der Waals surface area contributed by atoms with Crippen molar-refractivity contribution in [1.29, 1.82) is 0 Å². The van der Waals surface area contributed by atoms with E-state index in [1.165, 1.54) is 12.8 Å². The Morgan fingerprint density at radius 1 is 1.35 bits per heavy atom. The molecule has 0 bridgehead atoms. The highest BCUT2D eigenvalue weighted by Gasteiger charge is 2.16. The predicted molar refractivity (Wildman–Crippen MR) is 85.0 cm³/mol. The molecule has 0 heterocycles. The summed E-state index contributed by atoms with van der Waals surface area (Å²) in [6.07, 6.45) is 4.74. The van der Waals surface area contributed by atoms with Gasteiger partial charge in [-0.05, 0) is 37.5 Å². The van der Waals surface area contributed by atoms with E-state index in [9.17, 15) is 0 Å². The number of benzene rings is 1. The number of guanidine groups is 1. The molecule has 0 amide bonds. The SMILES string of the molecule is CC(NC(=NC1CCCC1)NN)c1ccc(Cl)cc1Cl. The molecule has 1 atom stereocenters. The van der Waals surface area contributed by atoms with Crippen LogP contribution in [0, 0.1) is 0 Å². The lowest BCUT2D eigenvalue weighted by Gasteiger charge is -2.19. The Kier molecular flexibility index (Phi) is 5.52. The van der Waals surface area contributed by atoms with Crippen LogP contribution in [0.2, 0.25) is 10.0 Å². The topological polar surface area (TPSA) is 62.4 Å². The predicted octanol–water partition coefficient (Wildman–Crippen LogP) is 3.41. The zero-order chi connectivity index (χ0) is 14.5. The highest BCUT2D eigenvalue weighted by molar-refractivity contribution is 6.35. The number of hydrazine groups is 1. The largest absolute Gasteiger partial charge is 0.349 e. The standard InChI is InChI=1S/C14H20Cl2N4/c1-9(12-7-6-10(15)8-13(12)16)18-14(20-17)19-11-4-2-3-5-11/h6-9,11H,2-5,17H2,1H3,(H2,18,19,20). The van der Waals surface area contributed by atoms with Gasteiger partial charge < -0.3 is 5.32 Å². The maximum absolute atomic E-state index is 6.21. The van der Waals surface area contributed by atoms with Crippen LogP contribution in [-0.4, -0.2) is 12.0 Å². The van der Waals surface area contributed by atoms with Gasteiger partial charge in [0.15, 0.2) is 0 Å². The Balaban J connectivity index is 2.06. The average molecular weight is 315 g/mol. The fourth-order valence-corrected chi connectivity index (χ4v) is 3.04. The summed E-state index contributed by atoms with van der Waals surface area (Å²) >= 11 is 12.1. The normalized spacial score (nSPS) is 18.1. The van der Waals surface area contributed by atoms with E-state index in [2.05, 4.69) is 15.7 Å². The van der Waals surface area contributed by atoms with E-state index in [-0.39, 0.29) is 6.04 Å². The van der Waals surface area contributed by atoms with Crippen LogP contribution >= 0.6 is 23.2 Å². The first-order valence-corrected chi connectivity index (χ1v) is 7.61. The summed E-state index contributed by atoms with van der Waals surface area (Å²) in [5, 5.41) is 4.52. The third-order valence-electron chi connectivity index (χ3n) is 3.56. The number of rotatable bonds is 3. The van der Waals surface area contributed by atoms with Gasteiger partial charge in [0, 0.05) is 10.0 Å². The van der Waals surface area contributed by atoms with Crippen molar-refractivity contribution in [2.24, 2.45) is 10.8 Å². The minimum atomic E-state index is -0.00373. The molecule has 0 aliphatic heterocycles. The number of nitrogens with one attached hydrogen (secondary N) is 2. The number of hydrogen-bond donors (Lipinski definition) is 3. The summed E-state index contributed by atoms with van der Waals surface area (Å²) in [7, 11) is 0. The van der Waals surface area contributed by atoms with Gasteiger partial charge in [0.2, 0.25) is 5.96 Å². The Morgan fingerprint density at radius 3 is 2.65 bits per heavy atom. The molecule has 20 heavy (non-hydrogen) atoms. The molecule has 0 spiro atoms. The van der Waals surface area contributed by atoms with E-state index in [1.54, 1.807) is 6.07 Å². The minimum absolute atomic E-state index is 0.00373. The van der Waals surface area contributed by atoms with Crippen LogP contribution in [0.4, 0.5) is 0 Å². The van der Waals surface area contributed by atoms with Crippen molar-refractivity contribution in [3.05, 3.63) is 33.8 Å². The van der Waals surface area contributed by atoms with E-state index in [0.29, 0.717) is 22.0 Å². The summed E-state index contributed by atoms with van der Waals surface area (Å²) in [5.41, 5.74) is 3.59. The number of nitrogens with zero attached hydrogens (tertiary/aromatic N) is 1. The molecule has 1 unspecified atom stereocenters. The second-order valence-electron chi connectivity index (χ2n) is 5.09. The highest BCUT2D eigenvalue weighted by atomic mass is 35.5. The van der Waals surface area contributed by atoms with Crippen LogP contribution in [0.25, 0.3) is 0 Å². The molecule has 1 aromatic carbocycles. The Morgan fingerprint density at radius 2 is 2.05 bits per heavy atom. The molecule has 1 fully saturated rings. The van der Waals surface area contributed by atoms with Gasteiger partial charge in [0.1, 0.15) is 0 Å². The van der Waals surface area contributed by atoms with Gasteiger partial charge >= 0.3 is 0 Å². The zero-order valence-electron chi connectivity index (χ0n) is 11.5. The first kappa shape index (κ1) is 15.4. The van der Waals surface area contributed by atoms with E-state index < -0.39 is 0 Å². The number of hydrogen-bond acceptors (Lipinski definition) is 2.